The highest BCUT2D eigenvalue weighted by atomic mass is 35.5. The summed E-state index contributed by atoms with van der Waals surface area (Å²) in [5.74, 6) is -0.512. The van der Waals surface area contributed by atoms with Gasteiger partial charge in [-0.25, -0.2) is 4.79 Å². The molecule has 0 aromatic heterocycles. The van der Waals surface area contributed by atoms with Crippen LogP contribution < -0.4 is 4.74 Å². The van der Waals surface area contributed by atoms with E-state index in [2.05, 4.69) is 0 Å². The predicted molar refractivity (Wildman–Crippen MR) is 74.7 cm³/mol. The minimum atomic E-state index is -1.10. The Hall–Kier alpha value is -1.71. The predicted octanol–water partition coefficient (Wildman–Crippen LogP) is 4.79. The third-order valence-electron chi connectivity index (χ3n) is 2.56. The molecule has 0 bridgehead atoms. The lowest BCUT2D eigenvalue weighted by Crippen LogP contribution is -2.01. The average molecular weight is 297 g/mol. The summed E-state index contributed by atoms with van der Waals surface area (Å²) in [4.78, 5) is 11.2. The van der Waals surface area contributed by atoms with Crippen LogP contribution in [0.3, 0.4) is 0 Å². The summed E-state index contributed by atoms with van der Waals surface area (Å²) in [6.45, 7) is 1.84. The lowest BCUT2D eigenvalue weighted by Gasteiger charge is -2.12. The number of halogens is 2. The maximum atomic E-state index is 11.2. The number of carbonyl (C=O) groups is 1. The summed E-state index contributed by atoms with van der Waals surface area (Å²) in [5, 5.41) is 9.87. The molecule has 3 nitrogen and oxygen atoms in total. The van der Waals surface area contributed by atoms with Gasteiger partial charge < -0.3 is 9.84 Å². The van der Waals surface area contributed by atoms with Crippen LogP contribution in [0.1, 0.15) is 15.9 Å². The Kier molecular flexibility index (Phi) is 3.98. The molecule has 2 rings (SSSR count). The molecule has 5 heteroatoms. The Balaban J connectivity index is 2.49. The van der Waals surface area contributed by atoms with Gasteiger partial charge in [0.2, 0.25) is 0 Å². The Labute approximate surface area is 120 Å². The molecule has 98 valence electrons. The molecule has 0 fully saturated rings. The molecule has 0 radical (unpaired) electrons. The van der Waals surface area contributed by atoms with Crippen LogP contribution >= 0.6 is 23.2 Å². The fraction of sp³-hybridized carbons (Fsp3) is 0.0714. The van der Waals surface area contributed by atoms with Crippen LogP contribution in [0, 0.1) is 6.92 Å². The van der Waals surface area contributed by atoms with E-state index in [1.54, 1.807) is 30.3 Å². The summed E-state index contributed by atoms with van der Waals surface area (Å²) in [7, 11) is 0. The molecule has 0 heterocycles. The minimum Gasteiger partial charge on any atom is -0.478 e. The van der Waals surface area contributed by atoms with E-state index in [0.717, 1.165) is 5.56 Å². The van der Waals surface area contributed by atoms with Gasteiger partial charge in [-0.3, -0.25) is 0 Å². The second-order valence-electron chi connectivity index (χ2n) is 3.93. The van der Waals surface area contributed by atoms with Gasteiger partial charge in [0, 0.05) is 5.02 Å². The van der Waals surface area contributed by atoms with Crippen molar-refractivity contribution in [2.45, 2.75) is 6.92 Å². The SMILES string of the molecule is Cc1ccc(Cl)cc1Oc1c(Cl)cccc1C(=O)O. The first-order valence-electron chi connectivity index (χ1n) is 5.45. The zero-order chi connectivity index (χ0) is 14.0. The fourth-order valence-corrected chi connectivity index (χ4v) is 1.95. The van der Waals surface area contributed by atoms with Crippen LogP contribution in [-0.4, -0.2) is 11.1 Å². The quantitative estimate of drug-likeness (QED) is 0.885. The minimum absolute atomic E-state index is 0.00637. The molecule has 2 aromatic carbocycles. The maximum Gasteiger partial charge on any atom is 0.339 e. The molecule has 0 aliphatic rings. The monoisotopic (exact) mass is 296 g/mol. The van der Waals surface area contributed by atoms with Gasteiger partial charge >= 0.3 is 5.97 Å². The van der Waals surface area contributed by atoms with Gasteiger partial charge in [-0.1, -0.05) is 35.3 Å². The summed E-state index contributed by atoms with van der Waals surface area (Å²) < 4.78 is 5.62. The Morgan fingerprint density at radius 3 is 2.63 bits per heavy atom. The molecular formula is C14H10Cl2O3. The highest BCUT2D eigenvalue weighted by Crippen LogP contribution is 2.35. The summed E-state index contributed by atoms with van der Waals surface area (Å²) in [6, 6.07) is 9.70. The molecule has 19 heavy (non-hydrogen) atoms. The van der Waals surface area contributed by atoms with Gasteiger partial charge in [-0.2, -0.15) is 0 Å². The van der Waals surface area contributed by atoms with Crippen LogP contribution in [0.5, 0.6) is 11.5 Å². The molecule has 0 amide bonds. The van der Waals surface area contributed by atoms with E-state index in [1.165, 1.54) is 6.07 Å². The van der Waals surface area contributed by atoms with Crippen LogP contribution in [0.4, 0.5) is 0 Å². The molecule has 0 aliphatic carbocycles. The van der Waals surface area contributed by atoms with Crippen molar-refractivity contribution in [1.29, 1.82) is 0 Å². The van der Waals surface area contributed by atoms with Crippen molar-refractivity contribution < 1.29 is 14.6 Å². The molecule has 1 N–H and O–H groups in total. The van der Waals surface area contributed by atoms with E-state index in [-0.39, 0.29) is 16.3 Å². The zero-order valence-electron chi connectivity index (χ0n) is 9.98. The van der Waals surface area contributed by atoms with Gasteiger partial charge in [0.15, 0.2) is 5.75 Å². The molecule has 0 unspecified atom stereocenters. The highest BCUT2D eigenvalue weighted by molar-refractivity contribution is 6.32. The first kappa shape index (κ1) is 13.7. The lowest BCUT2D eigenvalue weighted by atomic mass is 10.2. The summed E-state index contributed by atoms with van der Waals surface area (Å²) >= 11 is 11.9. The molecule has 0 aliphatic heterocycles. The van der Waals surface area contributed by atoms with E-state index >= 15 is 0 Å². The molecule has 0 spiro atoms. The average Bonchev–Trinajstić information content (AvgIpc) is 2.35. The summed E-state index contributed by atoms with van der Waals surface area (Å²) in [6.07, 6.45) is 0. The Bertz CT molecular complexity index is 639. The second-order valence-corrected chi connectivity index (χ2v) is 4.78. The fourth-order valence-electron chi connectivity index (χ4n) is 1.57. The van der Waals surface area contributed by atoms with Gasteiger partial charge in [0.05, 0.1) is 5.02 Å². The number of benzene rings is 2. The van der Waals surface area contributed by atoms with Crippen LogP contribution in [0.25, 0.3) is 0 Å². The van der Waals surface area contributed by atoms with Crippen LogP contribution in [0.2, 0.25) is 10.0 Å². The maximum absolute atomic E-state index is 11.2. The Morgan fingerprint density at radius 1 is 1.21 bits per heavy atom. The Morgan fingerprint density at radius 2 is 1.95 bits per heavy atom. The lowest BCUT2D eigenvalue weighted by molar-refractivity contribution is 0.0694. The van der Waals surface area contributed by atoms with E-state index in [9.17, 15) is 4.79 Å². The number of carboxylic acid groups (broad SMARTS) is 1. The second kappa shape index (κ2) is 5.51. The molecular weight excluding hydrogens is 287 g/mol. The third kappa shape index (κ3) is 3.00. The summed E-state index contributed by atoms with van der Waals surface area (Å²) in [5.41, 5.74) is 0.840. The number of hydrogen-bond donors (Lipinski definition) is 1. The molecule has 0 saturated heterocycles. The van der Waals surface area contributed by atoms with Crippen molar-refractivity contribution >= 4 is 29.2 Å². The van der Waals surface area contributed by atoms with E-state index in [0.29, 0.717) is 10.8 Å². The van der Waals surface area contributed by atoms with Crippen molar-refractivity contribution in [2.24, 2.45) is 0 Å². The van der Waals surface area contributed by atoms with Gasteiger partial charge in [-0.15, -0.1) is 0 Å². The van der Waals surface area contributed by atoms with Crippen LogP contribution in [0.15, 0.2) is 36.4 Å². The largest absolute Gasteiger partial charge is 0.478 e. The van der Waals surface area contributed by atoms with E-state index < -0.39 is 5.97 Å². The number of para-hydroxylation sites is 1. The smallest absolute Gasteiger partial charge is 0.339 e. The van der Waals surface area contributed by atoms with Crippen LogP contribution in [-0.2, 0) is 0 Å². The number of carboxylic acids is 1. The number of hydrogen-bond acceptors (Lipinski definition) is 2. The number of aryl methyl sites for hydroxylation is 1. The number of aromatic carboxylic acids is 1. The highest BCUT2D eigenvalue weighted by Gasteiger charge is 2.16. The third-order valence-corrected chi connectivity index (χ3v) is 3.09. The molecule has 0 atom stereocenters. The number of ether oxygens (including phenoxy) is 1. The van der Waals surface area contributed by atoms with Gasteiger partial charge in [0.1, 0.15) is 11.3 Å². The van der Waals surface area contributed by atoms with E-state index in [1.807, 2.05) is 6.92 Å². The van der Waals surface area contributed by atoms with Crippen molar-refractivity contribution in [3.05, 3.63) is 57.6 Å². The van der Waals surface area contributed by atoms with E-state index in [4.69, 9.17) is 33.0 Å². The van der Waals surface area contributed by atoms with Gasteiger partial charge in [-0.05, 0) is 36.8 Å². The van der Waals surface area contributed by atoms with Crippen molar-refractivity contribution in [3.8, 4) is 11.5 Å². The topological polar surface area (TPSA) is 46.5 Å². The van der Waals surface area contributed by atoms with Crippen molar-refractivity contribution in [3.63, 3.8) is 0 Å². The zero-order valence-corrected chi connectivity index (χ0v) is 11.5. The van der Waals surface area contributed by atoms with Crippen molar-refractivity contribution in [1.82, 2.24) is 0 Å². The van der Waals surface area contributed by atoms with Gasteiger partial charge in [0.25, 0.3) is 0 Å². The first-order valence-corrected chi connectivity index (χ1v) is 6.20. The normalized spacial score (nSPS) is 10.3. The standard InChI is InChI=1S/C14H10Cl2O3/c1-8-5-6-9(15)7-12(8)19-13-10(14(17)18)3-2-4-11(13)16/h2-7H,1H3,(H,17,18). The molecule has 2 aromatic rings. The molecule has 0 saturated carbocycles. The van der Waals surface area contributed by atoms with Crippen molar-refractivity contribution in [2.75, 3.05) is 0 Å². The number of rotatable bonds is 3. The first-order chi connectivity index (χ1) is 8.99.